The van der Waals surface area contributed by atoms with E-state index in [0.29, 0.717) is 11.1 Å². The highest BCUT2D eigenvalue weighted by Gasteiger charge is 2.18. The van der Waals surface area contributed by atoms with Gasteiger partial charge in [-0.05, 0) is 23.6 Å². The largest absolute Gasteiger partial charge is 0.307 e. The van der Waals surface area contributed by atoms with Gasteiger partial charge in [0.25, 0.3) is 0 Å². The maximum atomic E-state index is 9.77. The van der Waals surface area contributed by atoms with Gasteiger partial charge in [0.1, 0.15) is 12.1 Å². The minimum absolute atomic E-state index is 0.390. The van der Waals surface area contributed by atoms with Gasteiger partial charge >= 0.3 is 0 Å². The summed E-state index contributed by atoms with van der Waals surface area (Å²) in [7, 11) is 0. The van der Waals surface area contributed by atoms with E-state index in [9.17, 15) is 10.5 Å². The van der Waals surface area contributed by atoms with E-state index in [-0.39, 0.29) is 0 Å². The first kappa shape index (κ1) is 15.2. The van der Waals surface area contributed by atoms with E-state index in [1.54, 1.807) is 6.07 Å². The van der Waals surface area contributed by atoms with Crippen LogP contribution in [0, 0.1) is 22.7 Å². The lowest BCUT2D eigenvalue weighted by molar-refractivity contribution is 1.17. The fraction of sp³-hybridized carbons (Fsp3) is 0. The molecular weight excluding hydrogens is 330 g/mol. The molecular formula is C24H13N3. The van der Waals surface area contributed by atoms with Gasteiger partial charge in [-0.1, -0.05) is 60.7 Å². The topological polar surface area (TPSA) is 52.5 Å². The second-order valence-electron chi connectivity index (χ2n) is 6.46. The molecule has 5 aromatic rings. The predicted octanol–water partition coefficient (Wildman–Crippen LogP) is 5.68. The Bertz CT molecular complexity index is 1440. The molecule has 0 saturated heterocycles. The van der Waals surface area contributed by atoms with E-state index in [0.717, 1.165) is 38.3 Å². The summed E-state index contributed by atoms with van der Waals surface area (Å²) >= 11 is 0. The molecule has 0 saturated carbocycles. The smallest absolute Gasteiger partial charge is 0.103 e. The first-order chi connectivity index (χ1) is 13.3. The van der Waals surface area contributed by atoms with Crippen molar-refractivity contribution < 1.29 is 0 Å². The number of nitrogens with zero attached hydrogens (tertiary/aromatic N) is 3. The van der Waals surface area contributed by atoms with E-state index < -0.39 is 0 Å². The van der Waals surface area contributed by atoms with Crippen LogP contribution in [-0.2, 0) is 0 Å². The fourth-order valence-electron chi connectivity index (χ4n) is 3.92. The molecule has 3 nitrogen and oxygen atoms in total. The number of para-hydroxylation sites is 1. The zero-order chi connectivity index (χ0) is 18.4. The molecule has 0 N–H and O–H groups in total. The Labute approximate surface area is 155 Å². The molecule has 0 aliphatic carbocycles. The zero-order valence-electron chi connectivity index (χ0n) is 14.3. The van der Waals surface area contributed by atoms with E-state index in [4.69, 9.17) is 0 Å². The minimum Gasteiger partial charge on any atom is -0.307 e. The van der Waals surface area contributed by atoms with Crippen molar-refractivity contribution in [3.63, 3.8) is 0 Å². The molecule has 0 spiro atoms. The van der Waals surface area contributed by atoms with E-state index >= 15 is 0 Å². The van der Waals surface area contributed by atoms with E-state index in [1.165, 1.54) is 0 Å². The fourth-order valence-corrected chi connectivity index (χ4v) is 3.92. The van der Waals surface area contributed by atoms with E-state index in [2.05, 4.69) is 53.1 Å². The van der Waals surface area contributed by atoms with Gasteiger partial charge in [-0.25, -0.2) is 0 Å². The summed E-state index contributed by atoms with van der Waals surface area (Å²) in [5.41, 5.74) is 3.60. The zero-order valence-corrected chi connectivity index (χ0v) is 14.3. The summed E-state index contributed by atoms with van der Waals surface area (Å²) in [6, 6.07) is 30.5. The number of nitriles is 2. The Morgan fingerprint density at radius 3 is 2.22 bits per heavy atom. The highest BCUT2D eigenvalue weighted by molar-refractivity contribution is 6.18. The van der Waals surface area contributed by atoms with Crippen LogP contribution in [0.2, 0.25) is 0 Å². The molecule has 0 amide bonds. The van der Waals surface area contributed by atoms with Gasteiger partial charge in [0, 0.05) is 16.2 Å². The van der Waals surface area contributed by atoms with E-state index in [1.807, 2.05) is 36.4 Å². The molecule has 5 rings (SSSR count). The molecule has 124 valence electrons. The van der Waals surface area contributed by atoms with Crippen molar-refractivity contribution in [2.45, 2.75) is 0 Å². The second kappa shape index (κ2) is 5.73. The summed E-state index contributed by atoms with van der Waals surface area (Å²) in [5.74, 6) is 0. The lowest BCUT2D eigenvalue weighted by Crippen LogP contribution is -2.00. The average Bonchev–Trinajstić information content (AvgIpc) is 3.08. The van der Waals surface area contributed by atoms with Gasteiger partial charge in [-0.15, -0.1) is 0 Å². The molecule has 1 aromatic heterocycles. The summed E-state index contributed by atoms with van der Waals surface area (Å²) in [6.07, 6.45) is 0. The summed E-state index contributed by atoms with van der Waals surface area (Å²) in [5, 5.41) is 23.8. The van der Waals surface area contributed by atoms with Gasteiger partial charge < -0.3 is 4.57 Å². The summed E-state index contributed by atoms with van der Waals surface area (Å²) in [6.45, 7) is 0. The Morgan fingerprint density at radius 1 is 0.630 bits per heavy atom. The minimum atomic E-state index is 0.390. The van der Waals surface area contributed by atoms with Crippen molar-refractivity contribution in [1.82, 2.24) is 4.57 Å². The molecule has 0 unspecified atom stereocenters. The maximum Gasteiger partial charge on any atom is 0.103 e. The van der Waals surface area contributed by atoms with Crippen LogP contribution in [0.3, 0.4) is 0 Å². The third-order valence-corrected chi connectivity index (χ3v) is 5.07. The van der Waals surface area contributed by atoms with Crippen LogP contribution in [0.4, 0.5) is 0 Å². The van der Waals surface area contributed by atoms with Crippen LogP contribution < -0.4 is 0 Å². The molecule has 1 heterocycles. The van der Waals surface area contributed by atoms with Crippen molar-refractivity contribution >= 4 is 32.6 Å². The highest BCUT2D eigenvalue weighted by atomic mass is 15.0. The molecule has 3 heteroatoms. The number of fused-ring (bicyclic) bond motifs is 5. The predicted molar refractivity (Wildman–Crippen MR) is 108 cm³/mol. The lowest BCUT2D eigenvalue weighted by atomic mass is 10.0. The van der Waals surface area contributed by atoms with Crippen molar-refractivity contribution in [3.8, 4) is 17.8 Å². The monoisotopic (exact) mass is 343 g/mol. The number of aromatic nitrogens is 1. The lowest BCUT2D eigenvalue weighted by Gasteiger charge is -2.12. The molecule has 27 heavy (non-hydrogen) atoms. The molecule has 0 fully saturated rings. The number of benzene rings is 4. The van der Waals surface area contributed by atoms with Crippen molar-refractivity contribution in [1.29, 1.82) is 10.5 Å². The molecule has 0 aliphatic rings. The normalized spacial score (nSPS) is 10.9. The van der Waals surface area contributed by atoms with Crippen LogP contribution in [-0.4, -0.2) is 4.57 Å². The molecule has 0 atom stereocenters. The average molecular weight is 343 g/mol. The first-order valence-electron chi connectivity index (χ1n) is 8.68. The molecule has 0 radical (unpaired) electrons. The molecule has 0 bridgehead atoms. The van der Waals surface area contributed by atoms with Gasteiger partial charge in [-0.2, -0.15) is 10.5 Å². The third-order valence-electron chi connectivity index (χ3n) is 5.07. The van der Waals surface area contributed by atoms with Crippen molar-refractivity contribution in [3.05, 3.63) is 90.0 Å². The van der Waals surface area contributed by atoms with Crippen molar-refractivity contribution in [2.75, 3.05) is 0 Å². The Balaban J connectivity index is 2.09. The van der Waals surface area contributed by atoms with Crippen LogP contribution in [0.25, 0.3) is 38.3 Å². The van der Waals surface area contributed by atoms with Crippen LogP contribution >= 0.6 is 0 Å². The first-order valence-corrected chi connectivity index (χ1v) is 8.68. The maximum absolute atomic E-state index is 9.77. The SMILES string of the molecule is N#Cc1cccc(-n2c3ccccc3c3ccc4ccccc4c32)c1C#N. The Kier molecular flexibility index (Phi) is 3.22. The van der Waals surface area contributed by atoms with Crippen LogP contribution in [0.5, 0.6) is 0 Å². The van der Waals surface area contributed by atoms with Gasteiger partial charge in [0.15, 0.2) is 0 Å². The molecule has 0 aliphatic heterocycles. The third kappa shape index (κ3) is 2.06. The second-order valence-corrected chi connectivity index (χ2v) is 6.46. The van der Waals surface area contributed by atoms with Gasteiger partial charge in [0.2, 0.25) is 0 Å². The van der Waals surface area contributed by atoms with Gasteiger partial charge in [0.05, 0.1) is 27.8 Å². The highest BCUT2D eigenvalue weighted by Crippen LogP contribution is 2.37. The number of rotatable bonds is 1. The number of hydrogen-bond donors (Lipinski definition) is 0. The van der Waals surface area contributed by atoms with Gasteiger partial charge in [-0.3, -0.25) is 0 Å². The summed E-state index contributed by atoms with van der Waals surface area (Å²) in [4.78, 5) is 0. The molecule has 4 aromatic carbocycles. The summed E-state index contributed by atoms with van der Waals surface area (Å²) < 4.78 is 2.12. The Morgan fingerprint density at radius 2 is 1.41 bits per heavy atom. The van der Waals surface area contributed by atoms with Crippen LogP contribution in [0.15, 0.2) is 78.9 Å². The quantitative estimate of drug-likeness (QED) is 0.393. The number of hydrogen-bond acceptors (Lipinski definition) is 2. The Hall–Kier alpha value is -4.08. The van der Waals surface area contributed by atoms with Crippen molar-refractivity contribution in [2.24, 2.45) is 0 Å². The standard InChI is InChI=1S/C24H13N3/c25-14-17-7-5-11-23(21(17)15-26)27-22-10-4-3-9-19(22)20-13-12-16-6-1-2-8-18(16)24(20)27/h1-13H. The van der Waals surface area contributed by atoms with Crippen LogP contribution in [0.1, 0.15) is 11.1 Å².